The first-order chi connectivity index (χ1) is 11.9. The summed E-state index contributed by atoms with van der Waals surface area (Å²) in [5, 5.41) is 12.3. The molecular formula is C15H15F6N3O2. The highest BCUT2D eigenvalue weighted by Gasteiger charge is 2.40. The molecule has 5 nitrogen and oxygen atoms in total. The van der Waals surface area contributed by atoms with Gasteiger partial charge < -0.3 is 15.6 Å². The Labute approximate surface area is 144 Å². The minimum Gasteiger partial charge on any atom is -0.439 e. The quantitative estimate of drug-likeness (QED) is 0.779. The maximum absolute atomic E-state index is 13.2. The van der Waals surface area contributed by atoms with Gasteiger partial charge in [0.05, 0.1) is 12.2 Å². The normalized spacial score (nSPS) is 13.7. The Morgan fingerprint density at radius 3 is 2.38 bits per heavy atom. The molecule has 26 heavy (non-hydrogen) atoms. The third-order valence-electron chi connectivity index (χ3n) is 3.43. The third-order valence-corrected chi connectivity index (χ3v) is 3.43. The highest BCUT2D eigenvalue weighted by atomic mass is 19.4. The number of hydrogen-bond donors (Lipinski definition) is 2. The summed E-state index contributed by atoms with van der Waals surface area (Å²) >= 11 is 0. The number of ether oxygens (including phenoxy) is 1. The number of rotatable bonds is 5. The van der Waals surface area contributed by atoms with E-state index in [0.29, 0.717) is 6.07 Å². The van der Waals surface area contributed by atoms with Gasteiger partial charge in [0.25, 0.3) is 0 Å². The first-order valence-electron chi connectivity index (χ1n) is 7.28. The summed E-state index contributed by atoms with van der Waals surface area (Å²) in [6.45, 7) is -0.588. The molecule has 2 rings (SSSR count). The van der Waals surface area contributed by atoms with Gasteiger partial charge in [-0.1, -0.05) is 6.07 Å². The monoisotopic (exact) mass is 383 g/mol. The summed E-state index contributed by atoms with van der Waals surface area (Å²) in [6, 6.07) is 2.68. The van der Waals surface area contributed by atoms with E-state index in [0.717, 1.165) is 23.9 Å². The Bertz CT molecular complexity index is 770. The molecule has 0 saturated heterocycles. The molecule has 1 heterocycles. The second kappa shape index (κ2) is 7.16. The van der Waals surface area contributed by atoms with Crippen LogP contribution in [0.5, 0.6) is 11.6 Å². The Kier molecular flexibility index (Phi) is 5.52. The van der Waals surface area contributed by atoms with E-state index in [2.05, 4.69) is 5.10 Å². The minimum absolute atomic E-state index is 0.310. The van der Waals surface area contributed by atoms with Gasteiger partial charge in [-0.15, -0.1) is 0 Å². The first-order valence-corrected chi connectivity index (χ1v) is 7.28. The maximum atomic E-state index is 13.2. The van der Waals surface area contributed by atoms with Crippen LogP contribution in [0.3, 0.4) is 0 Å². The predicted molar refractivity (Wildman–Crippen MR) is 78.5 cm³/mol. The van der Waals surface area contributed by atoms with Crippen LogP contribution in [0.25, 0.3) is 0 Å². The fourth-order valence-electron chi connectivity index (χ4n) is 2.27. The largest absolute Gasteiger partial charge is 0.439 e. The van der Waals surface area contributed by atoms with Crippen molar-refractivity contribution in [3.63, 3.8) is 0 Å². The number of aryl methyl sites for hydroxylation is 1. The first kappa shape index (κ1) is 20.0. The van der Waals surface area contributed by atoms with E-state index in [-0.39, 0.29) is 5.75 Å². The second-order valence-corrected chi connectivity index (χ2v) is 5.53. The number of alkyl halides is 6. The van der Waals surface area contributed by atoms with Gasteiger partial charge in [-0.25, -0.2) is 4.68 Å². The van der Waals surface area contributed by atoms with E-state index in [1.807, 2.05) is 0 Å². The van der Waals surface area contributed by atoms with Gasteiger partial charge in [0.1, 0.15) is 5.75 Å². The summed E-state index contributed by atoms with van der Waals surface area (Å²) in [5.74, 6) is -0.712. The van der Waals surface area contributed by atoms with Crippen molar-refractivity contribution in [1.29, 1.82) is 0 Å². The van der Waals surface area contributed by atoms with Crippen molar-refractivity contribution in [2.24, 2.45) is 12.8 Å². The van der Waals surface area contributed by atoms with E-state index in [1.54, 1.807) is 0 Å². The molecule has 0 aliphatic carbocycles. The zero-order chi connectivity index (χ0) is 19.7. The van der Waals surface area contributed by atoms with E-state index < -0.39 is 54.1 Å². The van der Waals surface area contributed by atoms with E-state index >= 15 is 0 Å². The summed E-state index contributed by atoms with van der Waals surface area (Å²) < 4.78 is 83.9. The Morgan fingerprint density at radius 2 is 1.85 bits per heavy atom. The van der Waals surface area contributed by atoms with E-state index in [9.17, 15) is 26.3 Å². The fourth-order valence-corrected chi connectivity index (χ4v) is 2.27. The van der Waals surface area contributed by atoms with Gasteiger partial charge in [-0.3, -0.25) is 0 Å². The molecule has 0 aliphatic rings. The highest BCUT2D eigenvalue weighted by molar-refractivity contribution is 5.39. The average molecular weight is 383 g/mol. The van der Waals surface area contributed by atoms with Crippen LogP contribution in [0.2, 0.25) is 0 Å². The van der Waals surface area contributed by atoms with Crippen molar-refractivity contribution in [2.75, 3.05) is 6.61 Å². The van der Waals surface area contributed by atoms with Gasteiger partial charge in [0.2, 0.25) is 5.88 Å². The molecule has 1 aromatic heterocycles. The van der Waals surface area contributed by atoms with Crippen molar-refractivity contribution < 1.29 is 36.2 Å². The molecule has 0 aliphatic heterocycles. The molecule has 144 valence electrons. The van der Waals surface area contributed by atoms with Crippen LogP contribution in [0.1, 0.15) is 16.8 Å². The summed E-state index contributed by atoms with van der Waals surface area (Å²) in [7, 11) is 1.16. The topological polar surface area (TPSA) is 73.3 Å². The number of aliphatic hydroxyl groups is 1. The smallest absolute Gasteiger partial charge is 0.435 e. The number of nitrogens with two attached hydrogens (primary N) is 1. The molecule has 0 spiro atoms. The highest BCUT2D eigenvalue weighted by Crippen LogP contribution is 2.38. The number of hydrogen-bond acceptors (Lipinski definition) is 4. The molecule has 3 N–H and O–H groups in total. The molecule has 11 heteroatoms. The molecule has 0 fully saturated rings. The lowest BCUT2D eigenvalue weighted by atomic mass is 10.1. The van der Waals surface area contributed by atoms with Gasteiger partial charge in [0.15, 0.2) is 5.69 Å². The molecule has 0 bridgehead atoms. The van der Waals surface area contributed by atoms with Crippen molar-refractivity contribution in [3.8, 4) is 11.6 Å². The van der Waals surface area contributed by atoms with Crippen LogP contribution in [0, 0.1) is 0 Å². The van der Waals surface area contributed by atoms with Crippen LogP contribution in [-0.4, -0.2) is 27.5 Å². The summed E-state index contributed by atoms with van der Waals surface area (Å²) in [4.78, 5) is 0. The number of aliphatic hydroxyl groups excluding tert-OH is 1. The van der Waals surface area contributed by atoms with Crippen LogP contribution in [-0.2, 0) is 25.8 Å². The van der Waals surface area contributed by atoms with Gasteiger partial charge in [-0.05, 0) is 24.6 Å². The molecule has 0 saturated carbocycles. The van der Waals surface area contributed by atoms with Crippen LogP contribution < -0.4 is 10.5 Å². The van der Waals surface area contributed by atoms with E-state index in [4.69, 9.17) is 15.6 Å². The molecule has 1 aromatic carbocycles. The number of aromatic nitrogens is 2. The predicted octanol–water partition coefficient (Wildman–Crippen LogP) is 3.11. The van der Waals surface area contributed by atoms with Gasteiger partial charge in [0, 0.05) is 18.7 Å². The number of halogens is 6. The Balaban J connectivity index is 2.47. The average Bonchev–Trinajstić information content (AvgIpc) is 2.83. The second-order valence-electron chi connectivity index (χ2n) is 5.53. The van der Waals surface area contributed by atoms with Crippen molar-refractivity contribution in [1.82, 2.24) is 9.78 Å². The minimum atomic E-state index is -4.82. The maximum Gasteiger partial charge on any atom is 0.435 e. The zero-order valence-electron chi connectivity index (χ0n) is 13.4. The summed E-state index contributed by atoms with van der Waals surface area (Å²) in [6.07, 6.45) is -9.88. The van der Waals surface area contributed by atoms with Crippen LogP contribution in [0.4, 0.5) is 26.3 Å². The third kappa shape index (κ3) is 4.47. The molecule has 1 atom stereocenters. The Hall–Kier alpha value is -2.27. The molecular weight excluding hydrogens is 368 g/mol. The SMILES string of the molecule is Cn1nc(C(F)(F)F)c(CC(N)CO)c1Oc1cccc(C(F)(F)F)c1. The fraction of sp³-hybridized carbons (Fsp3) is 0.400. The standard InChI is InChI=1S/C15H15F6N3O2/c1-24-13(26-10-4-2-3-8(5-10)14(16,17)18)11(6-9(22)7-25)12(23-24)15(19,20)21/h2-5,9,25H,6-7,22H2,1H3. The van der Waals surface area contributed by atoms with E-state index in [1.165, 1.54) is 6.07 Å². The number of benzene rings is 1. The number of nitrogens with zero attached hydrogens (tertiary/aromatic N) is 2. The Morgan fingerprint density at radius 1 is 1.19 bits per heavy atom. The van der Waals surface area contributed by atoms with Crippen molar-refractivity contribution in [3.05, 3.63) is 41.1 Å². The van der Waals surface area contributed by atoms with Crippen molar-refractivity contribution in [2.45, 2.75) is 24.8 Å². The molecule has 0 amide bonds. The molecule has 0 radical (unpaired) electrons. The lowest BCUT2D eigenvalue weighted by molar-refractivity contribution is -0.142. The van der Waals surface area contributed by atoms with Crippen molar-refractivity contribution >= 4 is 0 Å². The lowest BCUT2D eigenvalue weighted by Crippen LogP contribution is -2.28. The molecule has 2 aromatic rings. The molecule has 1 unspecified atom stereocenters. The zero-order valence-corrected chi connectivity index (χ0v) is 13.4. The summed E-state index contributed by atoms with van der Waals surface area (Å²) in [5.41, 5.74) is 2.78. The lowest BCUT2D eigenvalue weighted by Gasteiger charge is -2.14. The van der Waals surface area contributed by atoms with Crippen LogP contribution in [0.15, 0.2) is 24.3 Å². The van der Waals surface area contributed by atoms with Gasteiger partial charge in [-0.2, -0.15) is 31.4 Å². The van der Waals surface area contributed by atoms with Crippen LogP contribution >= 0.6 is 0 Å². The van der Waals surface area contributed by atoms with Gasteiger partial charge >= 0.3 is 12.4 Å².